The maximum Gasteiger partial charge on any atom is 0.422 e. The number of likely N-dealkylation sites (tertiary alicyclic amines) is 1. The summed E-state index contributed by atoms with van der Waals surface area (Å²) in [5.74, 6) is 1.25. The van der Waals surface area contributed by atoms with Crippen molar-refractivity contribution in [2.24, 2.45) is 0 Å². The fourth-order valence-electron chi connectivity index (χ4n) is 3.26. The van der Waals surface area contributed by atoms with Crippen LogP contribution in [0.15, 0.2) is 42.6 Å². The van der Waals surface area contributed by atoms with Gasteiger partial charge in [-0.2, -0.15) is 13.2 Å². The number of rotatable bonds is 8. The molecule has 0 saturated carbocycles. The third kappa shape index (κ3) is 7.21. The molecule has 0 spiro atoms. The van der Waals surface area contributed by atoms with E-state index in [1.165, 1.54) is 12.3 Å². The number of halogens is 3. The Morgan fingerprint density at radius 1 is 1.16 bits per heavy atom. The maximum absolute atomic E-state index is 12.5. The van der Waals surface area contributed by atoms with Crippen LogP contribution in [0, 0.1) is 0 Å². The second-order valence-corrected chi connectivity index (χ2v) is 7.25. The first-order valence-electron chi connectivity index (χ1n) is 10.4. The lowest BCUT2D eigenvalue weighted by atomic mass is 10.1. The van der Waals surface area contributed by atoms with Gasteiger partial charge in [0.05, 0.1) is 6.61 Å². The van der Waals surface area contributed by atoms with Crippen LogP contribution in [-0.4, -0.2) is 54.5 Å². The molecule has 0 aliphatic carbocycles. The van der Waals surface area contributed by atoms with E-state index in [9.17, 15) is 18.0 Å². The van der Waals surface area contributed by atoms with E-state index in [0.29, 0.717) is 49.6 Å². The molecule has 0 radical (unpaired) electrons. The number of benzene rings is 1. The summed E-state index contributed by atoms with van der Waals surface area (Å²) < 4.78 is 53.1. The van der Waals surface area contributed by atoms with Crippen LogP contribution in [0.4, 0.5) is 18.0 Å². The molecular formula is C22H26F3N3O4. The van der Waals surface area contributed by atoms with Crippen LogP contribution in [0.5, 0.6) is 17.4 Å². The maximum atomic E-state index is 12.5. The third-order valence-electron chi connectivity index (χ3n) is 4.80. The number of carbonyl (C=O) groups excluding carboxylic acids is 1. The molecule has 2 heterocycles. The fourth-order valence-corrected chi connectivity index (χ4v) is 3.26. The quantitative estimate of drug-likeness (QED) is 0.650. The minimum absolute atomic E-state index is 0.0193. The molecule has 32 heavy (non-hydrogen) atoms. The van der Waals surface area contributed by atoms with Gasteiger partial charge in [-0.3, -0.25) is 0 Å². The largest absolute Gasteiger partial charge is 0.490 e. The summed E-state index contributed by atoms with van der Waals surface area (Å²) in [4.78, 5) is 17.9. The van der Waals surface area contributed by atoms with Gasteiger partial charge in [0.15, 0.2) is 18.1 Å². The van der Waals surface area contributed by atoms with E-state index in [-0.39, 0.29) is 24.6 Å². The van der Waals surface area contributed by atoms with E-state index >= 15 is 0 Å². The molecule has 1 aromatic carbocycles. The van der Waals surface area contributed by atoms with E-state index < -0.39 is 12.8 Å². The summed E-state index contributed by atoms with van der Waals surface area (Å²) in [7, 11) is 0. The molecule has 0 unspecified atom stereocenters. The predicted octanol–water partition coefficient (Wildman–Crippen LogP) is 4.17. The zero-order valence-corrected chi connectivity index (χ0v) is 17.7. The smallest absolute Gasteiger partial charge is 0.422 e. The van der Waals surface area contributed by atoms with Gasteiger partial charge in [0.2, 0.25) is 5.88 Å². The van der Waals surface area contributed by atoms with Gasteiger partial charge >= 0.3 is 12.2 Å². The summed E-state index contributed by atoms with van der Waals surface area (Å²) >= 11 is 0. The summed E-state index contributed by atoms with van der Waals surface area (Å²) in [6.07, 6.45) is -1.76. The number of para-hydroxylation sites is 2. The SMILES string of the molecule is CCOc1ccccc1OC1CCN(C(=O)NCc2ccnc(OCC(F)(F)F)c2)CC1. The average molecular weight is 453 g/mol. The summed E-state index contributed by atoms with van der Waals surface area (Å²) in [5, 5.41) is 2.78. The number of nitrogens with one attached hydrogen (secondary N) is 1. The Labute approximate surface area is 184 Å². The number of urea groups is 1. The first-order valence-corrected chi connectivity index (χ1v) is 10.4. The van der Waals surface area contributed by atoms with Crippen molar-refractivity contribution < 1.29 is 32.2 Å². The predicted molar refractivity (Wildman–Crippen MR) is 111 cm³/mol. The zero-order valence-electron chi connectivity index (χ0n) is 17.7. The normalized spacial score (nSPS) is 14.7. The molecule has 0 bridgehead atoms. The number of hydrogen-bond donors (Lipinski definition) is 1. The number of amides is 2. The van der Waals surface area contributed by atoms with Crippen molar-refractivity contribution in [2.45, 2.75) is 38.6 Å². The van der Waals surface area contributed by atoms with Crippen LogP contribution in [-0.2, 0) is 6.54 Å². The van der Waals surface area contributed by atoms with E-state index in [0.717, 1.165) is 0 Å². The molecule has 7 nitrogen and oxygen atoms in total. The minimum atomic E-state index is -4.44. The second-order valence-electron chi connectivity index (χ2n) is 7.25. The monoisotopic (exact) mass is 453 g/mol. The van der Waals surface area contributed by atoms with Gasteiger partial charge in [-0.05, 0) is 30.7 Å². The molecule has 2 aromatic rings. The highest BCUT2D eigenvalue weighted by Gasteiger charge is 2.28. The Kier molecular flexibility index (Phi) is 8.02. The van der Waals surface area contributed by atoms with Gasteiger partial charge in [-0.1, -0.05) is 12.1 Å². The van der Waals surface area contributed by atoms with Gasteiger partial charge in [0.25, 0.3) is 0 Å². The van der Waals surface area contributed by atoms with Crippen molar-refractivity contribution >= 4 is 6.03 Å². The summed E-state index contributed by atoms with van der Waals surface area (Å²) in [6.45, 7) is 2.26. The highest BCUT2D eigenvalue weighted by atomic mass is 19.4. The molecule has 3 rings (SSSR count). The topological polar surface area (TPSA) is 72.9 Å². The Morgan fingerprint density at radius 2 is 1.88 bits per heavy atom. The molecule has 1 aliphatic heterocycles. The standard InChI is InChI=1S/C22H26F3N3O4/c1-2-30-18-5-3-4-6-19(18)32-17-8-11-28(12-9-17)21(29)27-14-16-7-10-26-20(13-16)31-15-22(23,24)25/h3-7,10,13,17H,2,8-9,11-12,14-15H2,1H3,(H,27,29). The number of hydrogen-bond acceptors (Lipinski definition) is 5. The van der Waals surface area contributed by atoms with Crippen molar-refractivity contribution in [3.63, 3.8) is 0 Å². The molecule has 10 heteroatoms. The van der Waals surface area contributed by atoms with E-state index in [1.807, 2.05) is 31.2 Å². The third-order valence-corrected chi connectivity index (χ3v) is 4.80. The van der Waals surface area contributed by atoms with Gasteiger partial charge in [0.1, 0.15) is 6.10 Å². The van der Waals surface area contributed by atoms with Gasteiger partial charge in [-0.25, -0.2) is 9.78 Å². The van der Waals surface area contributed by atoms with Crippen LogP contribution in [0.1, 0.15) is 25.3 Å². The van der Waals surface area contributed by atoms with Gasteiger partial charge < -0.3 is 24.4 Å². The molecule has 0 atom stereocenters. The van der Waals surface area contributed by atoms with Gasteiger partial charge in [-0.15, -0.1) is 0 Å². The Balaban J connectivity index is 1.44. The molecular weight excluding hydrogens is 427 g/mol. The fraction of sp³-hybridized carbons (Fsp3) is 0.455. The Morgan fingerprint density at radius 3 is 2.56 bits per heavy atom. The van der Waals surface area contributed by atoms with E-state index in [2.05, 4.69) is 15.0 Å². The lowest BCUT2D eigenvalue weighted by molar-refractivity contribution is -0.154. The molecule has 1 aromatic heterocycles. The first kappa shape index (κ1) is 23.5. The number of piperidine rings is 1. The Bertz CT molecular complexity index is 887. The van der Waals surface area contributed by atoms with Crippen molar-refractivity contribution in [2.75, 3.05) is 26.3 Å². The lowest BCUT2D eigenvalue weighted by Crippen LogP contribution is -2.46. The van der Waals surface area contributed by atoms with Crippen molar-refractivity contribution in [3.05, 3.63) is 48.2 Å². The molecule has 1 aliphatic rings. The summed E-state index contributed by atoms with van der Waals surface area (Å²) in [6, 6.07) is 10.2. The molecule has 1 N–H and O–H groups in total. The molecule has 2 amide bonds. The van der Waals surface area contributed by atoms with Crippen molar-refractivity contribution in [1.29, 1.82) is 0 Å². The van der Waals surface area contributed by atoms with E-state index in [4.69, 9.17) is 9.47 Å². The minimum Gasteiger partial charge on any atom is -0.490 e. The number of ether oxygens (including phenoxy) is 3. The number of carbonyl (C=O) groups is 1. The van der Waals surface area contributed by atoms with Crippen LogP contribution < -0.4 is 19.5 Å². The zero-order chi connectivity index (χ0) is 23.0. The number of pyridine rings is 1. The lowest BCUT2D eigenvalue weighted by Gasteiger charge is -2.32. The van der Waals surface area contributed by atoms with Gasteiger partial charge in [0, 0.05) is 44.7 Å². The van der Waals surface area contributed by atoms with Crippen molar-refractivity contribution in [1.82, 2.24) is 15.2 Å². The van der Waals surface area contributed by atoms with Crippen molar-refractivity contribution in [3.8, 4) is 17.4 Å². The highest BCUT2D eigenvalue weighted by Crippen LogP contribution is 2.29. The van der Waals surface area contributed by atoms with Crippen LogP contribution >= 0.6 is 0 Å². The second kappa shape index (κ2) is 10.9. The van der Waals surface area contributed by atoms with Crippen LogP contribution in [0.2, 0.25) is 0 Å². The molecule has 1 fully saturated rings. The first-order chi connectivity index (χ1) is 15.3. The number of aromatic nitrogens is 1. The molecule has 174 valence electrons. The van der Waals surface area contributed by atoms with Crippen LogP contribution in [0.25, 0.3) is 0 Å². The highest BCUT2D eigenvalue weighted by molar-refractivity contribution is 5.74. The average Bonchev–Trinajstić information content (AvgIpc) is 2.78. The summed E-state index contributed by atoms with van der Waals surface area (Å²) in [5.41, 5.74) is 0.594. The number of alkyl halides is 3. The van der Waals surface area contributed by atoms with Crippen LogP contribution in [0.3, 0.4) is 0 Å². The van der Waals surface area contributed by atoms with E-state index in [1.54, 1.807) is 11.0 Å². The Hall–Kier alpha value is -3.17. The molecule has 1 saturated heterocycles. The number of nitrogens with zero attached hydrogens (tertiary/aromatic N) is 2.